The zero-order chi connectivity index (χ0) is 24.4. The second-order valence-corrected chi connectivity index (χ2v) is 8.49. The van der Waals surface area contributed by atoms with Crippen LogP contribution in [-0.4, -0.2) is 48.0 Å². The molecule has 0 amide bonds. The molecule has 0 atom stereocenters. The van der Waals surface area contributed by atoms with Crippen LogP contribution in [0.25, 0.3) is 5.57 Å². The number of Topliss-reactive ketones (excluding diaryl/α,β-unsaturated/α-hetero) is 1. The molecule has 0 aliphatic carbocycles. The smallest absolute Gasteiger partial charge is 0.339 e. The van der Waals surface area contributed by atoms with Crippen LogP contribution < -0.4 is 0 Å². The molecule has 0 heterocycles. The van der Waals surface area contributed by atoms with Crippen LogP contribution in [-0.2, 0) is 27.4 Å². The molecule has 2 aromatic carbocycles. The van der Waals surface area contributed by atoms with Crippen molar-refractivity contribution in [3.05, 3.63) is 74.8 Å². The molecule has 33 heavy (non-hydrogen) atoms. The van der Waals surface area contributed by atoms with E-state index in [-0.39, 0.29) is 17.6 Å². The zero-order valence-corrected chi connectivity index (χ0v) is 20.9. The highest BCUT2D eigenvalue weighted by Gasteiger charge is 2.23. The van der Waals surface area contributed by atoms with Crippen LogP contribution in [0.15, 0.2) is 48.0 Å². The van der Waals surface area contributed by atoms with Gasteiger partial charge in [0.2, 0.25) is 0 Å². The summed E-state index contributed by atoms with van der Waals surface area (Å²) in [7, 11) is 0. The van der Waals surface area contributed by atoms with Gasteiger partial charge in [-0.05, 0) is 55.3 Å². The topological polar surface area (TPSA) is 66.8 Å². The van der Waals surface area contributed by atoms with Gasteiger partial charge in [0.15, 0.2) is 5.78 Å². The molecule has 0 aromatic heterocycles. The van der Waals surface area contributed by atoms with Crippen LogP contribution in [0.1, 0.15) is 43.9 Å². The van der Waals surface area contributed by atoms with E-state index >= 15 is 0 Å². The van der Waals surface area contributed by atoms with Crippen LogP contribution in [0, 0.1) is 0 Å². The van der Waals surface area contributed by atoms with Crippen molar-refractivity contribution >= 4 is 40.5 Å². The molecular formula is C26H31Cl2NO4. The molecule has 2 aromatic rings. The molecule has 0 aliphatic heterocycles. The van der Waals surface area contributed by atoms with Gasteiger partial charge < -0.3 is 14.7 Å². The number of ether oxygens (including phenoxy) is 1. The van der Waals surface area contributed by atoms with E-state index < -0.39 is 11.8 Å². The first-order chi connectivity index (χ1) is 15.8. The standard InChI is InChI=1S/C26H31Cl2NO4/c1-4-29(5-2)15-16-33-17-20-10-7-6-9-19(20)13-14-23(30)25(26(31)32)18(3)24-21(27)11-8-12-22(24)28/h6-12H,4-5,13-17H2,1-3H3,(H,31,32). The zero-order valence-electron chi connectivity index (χ0n) is 19.4. The van der Waals surface area contributed by atoms with E-state index in [0.29, 0.717) is 35.2 Å². The summed E-state index contributed by atoms with van der Waals surface area (Å²) >= 11 is 12.5. The highest BCUT2D eigenvalue weighted by molar-refractivity contribution is 6.38. The number of likely N-dealkylation sites (N-methyl/N-ethyl adjacent to an activating group) is 1. The number of rotatable bonds is 13. The quantitative estimate of drug-likeness (QED) is 0.163. The Balaban J connectivity index is 2.12. The van der Waals surface area contributed by atoms with Crippen molar-refractivity contribution in [2.45, 2.75) is 40.2 Å². The van der Waals surface area contributed by atoms with Gasteiger partial charge in [0.25, 0.3) is 0 Å². The average molecular weight is 492 g/mol. The molecule has 0 saturated heterocycles. The molecule has 7 heteroatoms. The van der Waals surface area contributed by atoms with Gasteiger partial charge in [0.1, 0.15) is 5.57 Å². The number of hydrogen-bond acceptors (Lipinski definition) is 4. The van der Waals surface area contributed by atoms with Gasteiger partial charge in [-0.1, -0.05) is 67.4 Å². The fourth-order valence-corrected chi connectivity index (χ4v) is 4.38. The minimum atomic E-state index is -1.29. The summed E-state index contributed by atoms with van der Waals surface area (Å²) in [6, 6.07) is 12.7. The third-order valence-corrected chi connectivity index (χ3v) is 6.28. The molecule has 0 radical (unpaired) electrons. The predicted molar refractivity (Wildman–Crippen MR) is 134 cm³/mol. The number of carboxylic acids is 1. The number of benzene rings is 2. The number of aliphatic carboxylic acids is 1. The molecule has 2 rings (SSSR count). The minimum Gasteiger partial charge on any atom is -0.478 e. The molecule has 5 nitrogen and oxygen atoms in total. The lowest BCUT2D eigenvalue weighted by Crippen LogP contribution is -2.27. The van der Waals surface area contributed by atoms with E-state index in [9.17, 15) is 14.7 Å². The highest BCUT2D eigenvalue weighted by atomic mass is 35.5. The summed E-state index contributed by atoms with van der Waals surface area (Å²) < 4.78 is 5.85. The fourth-order valence-electron chi connectivity index (χ4n) is 3.70. The van der Waals surface area contributed by atoms with Crippen molar-refractivity contribution in [1.82, 2.24) is 4.90 Å². The van der Waals surface area contributed by atoms with E-state index in [2.05, 4.69) is 18.7 Å². The second-order valence-electron chi connectivity index (χ2n) is 7.67. The number of carbonyl (C=O) groups is 2. The molecule has 0 unspecified atom stereocenters. The average Bonchev–Trinajstić information content (AvgIpc) is 2.78. The van der Waals surface area contributed by atoms with Gasteiger partial charge in [-0.15, -0.1) is 0 Å². The summed E-state index contributed by atoms with van der Waals surface area (Å²) in [6.07, 6.45) is 0.465. The monoisotopic (exact) mass is 491 g/mol. The summed E-state index contributed by atoms with van der Waals surface area (Å²) in [5, 5.41) is 10.4. The number of aryl methyl sites for hydroxylation is 1. The minimum absolute atomic E-state index is 0.0531. The van der Waals surface area contributed by atoms with E-state index in [1.165, 1.54) is 0 Å². The lowest BCUT2D eigenvalue weighted by atomic mass is 9.94. The Morgan fingerprint density at radius 1 is 0.970 bits per heavy atom. The lowest BCUT2D eigenvalue weighted by molar-refractivity contribution is -0.134. The number of allylic oxidation sites excluding steroid dienone is 1. The molecular weight excluding hydrogens is 461 g/mol. The normalized spacial score (nSPS) is 12.1. The van der Waals surface area contributed by atoms with Gasteiger partial charge in [-0.2, -0.15) is 0 Å². The Morgan fingerprint density at radius 2 is 1.58 bits per heavy atom. The van der Waals surface area contributed by atoms with Gasteiger partial charge in [0, 0.05) is 28.6 Å². The van der Waals surface area contributed by atoms with Crippen molar-refractivity contribution in [1.29, 1.82) is 0 Å². The van der Waals surface area contributed by atoms with Crippen molar-refractivity contribution in [2.24, 2.45) is 0 Å². The van der Waals surface area contributed by atoms with Crippen molar-refractivity contribution in [3.63, 3.8) is 0 Å². The van der Waals surface area contributed by atoms with Crippen LogP contribution >= 0.6 is 23.2 Å². The number of carboxylic acid groups (broad SMARTS) is 1. The van der Waals surface area contributed by atoms with Crippen LogP contribution in [0.3, 0.4) is 0 Å². The Morgan fingerprint density at radius 3 is 2.15 bits per heavy atom. The predicted octanol–water partition coefficient (Wildman–Crippen LogP) is 5.91. The number of hydrogen-bond donors (Lipinski definition) is 1. The van der Waals surface area contributed by atoms with Gasteiger partial charge in [-0.25, -0.2) is 4.79 Å². The molecule has 1 N–H and O–H groups in total. The number of ketones is 1. The largest absolute Gasteiger partial charge is 0.478 e. The maximum absolute atomic E-state index is 12.9. The molecule has 178 valence electrons. The Bertz CT molecular complexity index is 979. The number of carbonyl (C=O) groups excluding carboxylic acids is 1. The van der Waals surface area contributed by atoms with E-state index in [1.54, 1.807) is 25.1 Å². The molecule has 0 bridgehead atoms. The Labute approximate surface area is 206 Å². The number of halogens is 2. The lowest BCUT2D eigenvalue weighted by Gasteiger charge is -2.18. The third-order valence-electron chi connectivity index (χ3n) is 5.65. The maximum Gasteiger partial charge on any atom is 0.339 e. The third kappa shape index (κ3) is 7.68. The molecule has 0 spiro atoms. The first kappa shape index (κ1) is 27.1. The highest BCUT2D eigenvalue weighted by Crippen LogP contribution is 2.33. The Hall–Kier alpha value is -2.18. The summed E-state index contributed by atoms with van der Waals surface area (Å²) in [5.74, 6) is -1.75. The summed E-state index contributed by atoms with van der Waals surface area (Å²) in [5.41, 5.74) is 2.30. The van der Waals surface area contributed by atoms with E-state index in [0.717, 1.165) is 30.8 Å². The van der Waals surface area contributed by atoms with E-state index in [4.69, 9.17) is 27.9 Å². The molecule has 0 saturated carbocycles. The molecule has 0 aliphatic rings. The Kier molecular flexibility index (Phi) is 11.1. The fraction of sp³-hybridized carbons (Fsp3) is 0.385. The van der Waals surface area contributed by atoms with Gasteiger partial charge >= 0.3 is 5.97 Å². The second kappa shape index (κ2) is 13.5. The SMILES string of the molecule is CCN(CC)CCOCc1ccccc1CCC(=O)C(C(=O)O)=C(C)c1c(Cl)cccc1Cl. The van der Waals surface area contributed by atoms with Crippen molar-refractivity contribution in [2.75, 3.05) is 26.2 Å². The van der Waals surface area contributed by atoms with Gasteiger partial charge in [-0.3, -0.25) is 4.79 Å². The number of nitrogens with zero attached hydrogens (tertiary/aromatic N) is 1. The van der Waals surface area contributed by atoms with Crippen molar-refractivity contribution < 1.29 is 19.4 Å². The van der Waals surface area contributed by atoms with Crippen LogP contribution in [0.4, 0.5) is 0 Å². The van der Waals surface area contributed by atoms with Gasteiger partial charge in [0.05, 0.1) is 13.2 Å². The maximum atomic E-state index is 12.9. The summed E-state index contributed by atoms with van der Waals surface area (Å²) in [4.78, 5) is 27.2. The first-order valence-corrected chi connectivity index (χ1v) is 11.8. The van der Waals surface area contributed by atoms with Crippen LogP contribution in [0.2, 0.25) is 10.0 Å². The molecule has 0 fully saturated rings. The first-order valence-electron chi connectivity index (χ1n) is 11.1. The van der Waals surface area contributed by atoms with Crippen LogP contribution in [0.5, 0.6) is 0 Å². The van der Waals surface area contributed by atoms with E-state index in [1.807, 2.05) is 24.3 Å². The summed E-state index contributed by atoms with van der Waals surface area (Å²) in [6.45, 7) is 9.71. The van der Waals surface area contributed by atoms with Crippen molar-refractivity contribution in [3.8, 4) is 0 Å².